The molecule has 4 rings (SSSR count). The Morgan fingerprint density at radius 3 is 3.00 bits per heavy atom. The molecule has 21 heavy (non-hydrogen) atoms. The molecule has 1 N–H and O–H groups in total. The van der Waals surface area contributed by atoms with Gasteiger partial charge >= 0.3 is 0 Å². The van der Waals surface area contributed by atoms with Crippen LogP contribution in [0.3, 0.4) is 0 Å². The highest BCUT2D eigenvalue weighted by Crippen LogP contribution is 2.40. The molecule has 0 unspecified atom stereocenters. The first-order valence-corrected chi connectivity index (χ1v) is 7.53. The lowest BCUT2D eigenvalue weighted by molar-refractivity contribution is 0.912. The predicted octanol–water partition coefficient (Wildman–Crippen LogP) is 3.84. The molecule has 3 heteroatoms. The van der Waals surface area contributed by atoms with Crippen molar-refractivity contribution in [1.29, 1.82) is 0 Å². The third-order valence-electron chi connectivity index (χ3n) is 4.55. The molecule has 3 aromatic rings. The number of aromatic nitrogens is 2. The van der Waals surface area contributed by atoms with Gasteiger partial charge in [0.1, 0.15) is 0 Å². The molecule has 0 amide bonds. The van der Waals surface area contributed by atoms with E-state index in [4.69, 9.17) is 0 Å². The van der Waals surface area contributed by atoms with Crippen LogP contribution < -0.4 is 5.32 Å². The summed E-state index contributed by atoms with van der Waals surface area (Å²) in [6.45, 7) is 2.22. The van der Waals surface area contributed by atoms with Crippen molar-refractivity contribution >= 4 is 11.2 Å². The summed E-state index contributed by atoms with van der Waals surface area (Å²) < 4.78 is 2.05. The van der Waals surface area contributed by atoms with Crippen molar-refractivity contribution in [1.82, 2.24) is 9.38 Å². The van der Waals surface area contributed by atoms with Crippen molar-refractivity contribution < 1.29 is 0 Å². The zero-order valence-electron chi connectivity index (χ0n) is 12.5. The first-order chi connectivity index (χ1) is 10.3. The average Bonchev–Trinajstić information content (AvgIpc) is 3.12. The van der Waals surface area contributed by atoms with Gasteiger partial charge in [0, 0.05) is 24.5 Å². The summed E-state index contributed by atoms with van der Waals surface area (Å²) in [6.07, 6.45) is 9.51. The maximum absolute atomic E-state index is 4.21. The Kier molecular flexibility index (Phi) is 2.74. The van der Waals surface area contributed by atoms with Gasteiger partial charge in [0.15, 0.2) is 0 Å². The summed E-state index contributed by atoms with van der Waals surface area (Å²) in [5, 5.41) is 3.45. The minimum absolute atomic E-state index is 1.13. The lowest BCUT2D eigenvalue weighted by Gasteiger charge is -2.18. The molecule has 0 bridgehead atoms. The SMILES string of the molecule is CNc1c2c(cc(C)c1-c1ccn3cncc3c1)CCC2. The highest BCUT2D eigenvalue weighted by molar-refractivity contribution is 5.85. The summed E-state index contributed by atoms with van der Waals surface area (Å²) >= 11 is 0. The normalized spacial score (nSPS) is 13.6. The van der Waals surface area contributed by atoms with Crippen molar-refractivity contribution in [2.24, 2.45) is 0 Å². The number of anilines is 1. The topological polar surface area (TPSA) is 29.3 Å². The highest BCUT2D eigenvalue weighted by Gasteiger charge is 2.20. The molecule has 0 atom stereocenters. The maximum atomic E-state index is 4.21. The van der Waals surface area contributed by atoms with E-state index in [2.05, 4.69) is 41.6 Å². The number of aryl methyl sites for hydroxylation is 2. The molecule has 0 aliphatic heterocycles. The third-order valence-corrected chi connectivity index (χ3v) is 4.55. The fourth-order valence-corrected chi connectivity index (χ4v) is 3.62. The van der Waals surface area contributed by atoms with Crippen LogP contribution in [-0.2, 0) is 12.8 Å². The molecule has 3 nitrogen and oxygen atoms in total. The van der Waals surface area contributed by atoms with Gasteiger partial charge in [-0.25, -0.2) is 4.98 Å². The molecule has 1 aliphatic rings. The van der Waals surface area contributed by atoms with Crippen LogP contribution >= 0.6 is 0 Å². The van der Waals surface area contributed by atoms with Crippen LogP contribution in [0.4, 0.5) is 5.69 Å². The van der Waals surface area contributed by atoms with Gasteiger partial charge in [-0.15, -0.1) is 0 Å². The standard InChI is InChI=1S/C18H19N3/c1-12-8-13-4-3-5-16(13)18(19-2)17(12)14-6-7-21-11-20-10-15(21)9-14/h6-11,19H,3-5H2,1-2H3. The fourth-order valence-electron chi connectivity index (χ4n) is 3.62. The summed E-state index contributed by atoms with van der Waals surface area (Å²) in [5.41, 5.74) is 9.42. The minimum Gasteiger partial charge on any atom is -0.387 e. The Bertz CT molecular complexity index is 830. The second-order valence-corrected chi connectivity index (χ2v) is 5.83. The van der Waals surface area contributed by atoms with E-state index in [0.29, 0.717) is 0 Å². The number of nitrogens with zero attached hydrogens (tertiary/aromatic N) is 2. The van der Waals surface area contributed by atoms with Gasteiger partial charge in [0.05, 0.1) is 18.0 Å². The van der Waals surface area contributed by atoms with Crippen LogP contribution in [0, 0.1) is 6.92 Å². The summed E-state index contributed by atoms with van der Waals surface area (Å²) in [5.74, 6) is 0. The second kappa shape index (κ2) is 4.62. The van der Waals surface area contributed by atoms with Gasteiger partial charge in [-0.1, -0.05) is 6.07 Å². The van der Waals surface area contributed by atoms with Gasteiger partial charge in [0.25, 0.3) is 0 Å². The quantitative estimate of drug-likeness (QED) is 0.771. The van der Waals surface area contributed by atoms with Gasteiger partial charge in [0.2, 0.25) is 0 Å². The second-order valence-electron chi connectivity index (χ2n) is 5.83. The minimum atomic E-state index is 1.13. The van der Waals surface area contributed by atoms with E-state index in [1.807, 2.05) is 24.0 Å². The molecule has 0 saturated heterocycles. The van der Waals surface area contributed by atoms with Crippen molar-refractivity contribution in [3.05, 3.63) is 53.6 Å². The molecule has 1 aromatic carbocycles. The lowest BCUT2D eigenvalue weighted by Crippen LogP contribution is -2.01. The van der Waals surface area contributed by atoms with Crippen LogP contribution in [0.15, 0.2) is 36.9 Å². The number of rotatable bonds is 2. The van der Waals surface area contributed by atoms with E-state index in [-0.39, 0.29) is 0 Å². The van der Waals surface area contributed by atoms with E-state index < -0.39 is 0 Å². The summed E-state index contributed by atoms with van der Waals surface area (Å²) in [7, 11) is 2.04. The number of fused-ring (bicyclic) bond motifs is 2. The Hall–Kier alpha value is -2.29. The molecule has 2 heterocycles. The van der Waals surface area contributed by atoms with E-state index >= 15 is 0 Å². The molecule has 0 saturated carbocycles. The Morgan fingerprint density at radius 2 is 2.14 bits per heavy atom. The Morgan fingerprint density at radius 1 is 1.24 bits per heavy atom. The number of imidazole rings is 1. The van der Waals surface area contributed by atoms with Crippen LogP contribution in [0.25, 0.3) is 16.6 Å². The molecular formula is C18H19N3. The third kappa shape index (κ3) is 1.84. The van der Waals surface area contributed by atoms with Crippen LogP contribution in [0.1, 0.15) is 23.1 Å². The molecule has 1 aliphatic carbocycles. The first kappa shape index (κ1) is 12.5. The molecular weight excluding hydrogens is 258 g/mol. The average molecular weight is 277 g/mol. The van der Waals surface area contributed by atoms with Gasteiger partial charge < -0.3 is 9.72 Å². The first-order valence-electron chi connectivity index (χ1n) is 7.53. The van der Waals surface area contributed by atoms with Crippen LogP contribution in [0.5, 0.6) is 0 Å². The molecule has 0 fully saturated rings. The highest BCUT2D eigenvalue weighted by atomic mass is 15.0. The van der Waals surface area contributed by atoms with Crippen molar-refractivity contribution in [2.75, 3.05) is 12.4 Å². The van der Waals surface area contributed by atoms with E-state index in [1.54, 1.807) is 0 Å². The van der Waals surface area contributed by atoms with Gasteiger partial charge in [-0.05, 0) is 60.6 Å². The maximum Gasteiger partial charge on any atom is 0.0991 e. The van der Waals surface area contributed by atoms with Gasteiger partial charge in [-0.3, -0.25) is 0 Å². The summed E-state index contributed by atoms with van der Waals surface area (Å²) in [4.78, 5) is 4.21. The monoisotopic (exact) mass is 277 g/mol. The van der Waals surface area contributed by atoms with Crippen molar-refractivity contribution in [2.45, 2.75) is 26.2 Å². The number of hydrogen-bond donors (Lipinski definition) is 1. The smallest absolute Gasteiger partial charge is 0.0991 e. The fraction of sp³-hybridized carbons (Fsp3) is 0.278. The number of benzene rings is 1. The number of nitrogens with one attached hydrogen (secondary N) is 1. The Balaban J connectivity index is 1.98. The van der Waals surface area contributed by atoms with Crippen molar-refractivity contribution in [3.8, 4) is 11.1 Å². The van der Waals surface area contributed by atoms with E-state index in [0.717, 1.165) is 5.52 Å². The predicted molar refractivity (Wildman–Crippen MR) is 86.9 cm³/mol. The molecule has 106 valence electrons. The molecule has 2 aromatic heterocycles. The summed E-state index contributed by atoms with van der Waals surface area (Å²) in [6, 6.07) is 6.77. The zero-order valence-corrected chi connectivity index (χ0v) is 12.5. The zero-order chi connectivity index (χ0) is 14.4. The number of pyridine rings is 1. The van der Waals surface area contributed by atoms with E-state index in [9.17, 15) is 0 Å². The number of hydrogen-bond acceptors (Lipinski definition) is 2. The van der Waals surface area contributed by atoms with Crippen molar-refractivity contribution in [3.63, 3.8) is 0 Å². The largest absolute Gasteiger partial charge is 0.387 e. The Labute approximate surface area is 124 Å². The van der Waals surface area contributed by atoms with Crippen LogP contribution in [0.2, 0.25) is 0 Å². The lowest BCUT2D eigenvalue weighted by atomic mass is 9.93. The van der Waals surface area contributed by atoms with Crippen LogP contribution in [-0.4, -0.2) is 16.4 Å². The van der Waals surface area contributed by atoms with Gasteiger partial charge in [-0.2, -0.15) is 0 Å². The molecule has 0 spiro atoms. The van der Waals surface area contributed by atoms with E-state index in [1.165, 1.54) is 52.8 Å². The molecule has 0 radical (unpaired) electrons.